The highest BCUT2D eigenvalue weighted by Gasteiger charge is 2.21. The minimum atomic E-state index is 0.463. The largest absolute Gasteiger partial charge is 0.300 e. The topological polar surface area (TPSA) is 54.3 Å². The van der Waals surface area contributed by atoms with Gasteiger partial charge in [0.2, 0.25) is 5.95 Å². The van der Waals surface area contributed by atoms with Crippen LogP contribution in [0.3, 0.4) is 0 Å². The van der Waals surface area contributed by atoms with Crippen LogP contribution >= 0.6 is 11.6 Å². The van der Waals surface area contributed by atoms with Crippen LogP contribution in [0.25, 0.3) is 0 Å². The monoisotopic (exact) mass is 245 g/mol. The summed E-state index contributed by atoms with van der Waals surface area (Å²) in [6, 6.07) is 7.72. The predicted octanol–water partition coefficient (Wildman–Crippen LogP) is 2.29. The Kier molecular flexibility index (Phi) is 2.45. The van der Waals surface area contributed by atoms with E-state index in [0.29, 0.717) is 17.7 Å². The molecule has 6 heteroatoms. The van der Waals surface area contributed by atoms with Gasteiger partial charge in [0.05, 0.1) is 30.3 Å². The lowest BCUT2D eigenvalue weighted by molar-refractivity contribution is 0.909. The van der Waals surface area contributed by atoms with Gasteiger partial charge in [0.25, 0.3) is 0 Å². The van der Waals surface area contributed by atoms with Crippen LogP contribution in [0.2, 0.25) is 0 Å². The molecule has 1 aliphatic heterocycles. The van der Waals surface area contributed by atoms with Crippen LogP contribution in [0.5, 0.6) is 0 Å². The van der Waals surface area contributed by atoms with Crippen LogP contribution in [-0.2, 0) is 0 Å². The normalized spacial score (nSPS) is 14.2. The molecule has 17 heavy (non-hydrogen) atoms. The zero-order chi connectivity index (χ0) is 11.7. The molecule has 1 aromatic heterocycles. The number of halogens is 1. The summed E-state index contributed by atoms with van der Waals surface area (Å²) in [6.07, 6.45) is 3.14. The zero-order valence-corrected chi connectivity index (χ0v) is 9.54. The van der Waals surface area contributed by atoms with Gasteiger partial charge >= 0.3 is 0 Å². The molecular formula is C11H8ClN5. The van der Waals surface area contributed by atoms with Crippen molar-refractivity contribution < 1.29 is 0 Å². The zero-order valence-electron chi connectivity index (χ0n) is 8.79. The number of hydrogen-bond donors (Lipinski definition) is 0. The highest BCUT2D eigenvalue weighted by atomic mass is 35.5. The molecule has 0 amide bonds. The third kappa shape index (κ3) is 1.85. The first kappa shape index (κ1) is 10.2. The number of aromatic nitrogens is 3. The molecule has 2 heterocycles. The van der Waals surface area contributed by atoms with Crippen LogP contribution in [0, 0.1) is 0 Å². The van der Waals surface area contributed by atoms with E-state index in [1.165, 1.54) is 6.20 Å². The van der Waals surface area contributed by atoms with E-state index in [1.807, 2.05) is 29.2 Å². The predicted molar refractivity (Wildman–Crippen MR) is 66.2 cm³/mol. The van der Waals surface area contributed by atoms with Crippen molar-refractivity contribution in [2.24, 2.45) is 4.99 Å². The van der Waals surface area contributed by atoms with E-state index in [-0.39, 0.29) is 0 Å². The van der Waals surface area contributed by atoms with Gasteiger partial charge in [-0.05, 0) is 12.1 Å². The molecule has 0 N–H and O–H groups in total. The Morgan fingerprint density at radius 1 is 1.18 bits per heavy atom. The fourth-order valence-corrected chi connectivity index (χ4v) is 1.92. The van der Waals surface area contributed by atoms with Crippen molar-refractivity contribution in [3.63, 3.8) is 0 Å². The summed E-state index contributed by atoms with van der Waals surface area (Å²) < 4.78 is 0. The highest BCUT2D eigenvalue weighted by Crippen LogP contribution is 2.35. The Morgan fingerprint density at radius 3 is 2.88 bits per heavy atom. The number of benzene rings is 1. The van der Waals surface area contributed by atoms with Crippen molar-refractivity contribution in [3.8, 4) is 0 Å². The van der Waals surface area contributed by atoms with Crippen molar-refractivity contribution in [3.05, 3.63) is 36.7 Å². The number of aliphatic imine (C=N–C) groups is 1. The summed E-state index contributed by atoms with van der Waals surface area (Å²) in [6.45, 7) is 0.463. The lowest BCUT2D eigenvalue weighted by Gasteiger charge is -2.26. The van der Waals surface area contributed by atoms with Gasteiger partial charge in [-0.2, -0.15) is 5.10 Å². The average Bonchev–Trinajstić information content (AvgIpc) is 2.39. The quantitative estimate of drug-likeness (QED) is 0.774. The molecule has 2 aromatic rings. The molecular weight excluding hydrogens is 238 g/mol. The summed E-state index contributed by atoms with van der Waals surface area (Å²) in [5.41, 5.74) is 1.75. The fraction of sp³-hybridized carbons (Fsp3) is 0.0909. The molecule has 0 radical (unpaired) electrons. The van der Waals surface area contributed by atoms with Crippen LogP contribution in [0.4, 0.5) is 17.3 Å². The molecule has 0 bridgehead atoms. The molecule has 0 atom stereocenters. The molecule has 5 nitrogen and oxygen atoms in total. The SMILES string of the molecule is ClC1=Nc2ccccc2N(c2nccnn2)C1. The van der Waals surface area contributed by atoms with E-state index in [4.69, 9.17) is 11.6 Å². The van der Waals surface area contributed by atoms with E-state index in [1.54, 1.807) is 6.20 Å². The summed E-state index contributed by atoms with van der Waals surface area (Å²) in [5.74, 6) is 0.521. The van der Waals surface area contributed by atoms with E-state index in [9.17, 15) is 0 Å². The second-order valence-corrected chi connectivity index (χ2v) is 3.94. The van der Waals surface area contributed by atoms with Crippen molar-refractivity contribution in [2.45, 2.75) is 0 Å². The average molecular weight is 246 g/mol. The fourth-order valence-electron chi connectivity index (χ4n) is 1.71. The van der Waals surface area contributed by atoms with Crippen LogP contribution < -0.4 is 4.90 Å². The minimum absolute atomic E-state index is 0.463. The molecule has 0 spiro atoms. The van der Waals surface area contributed by atoms with Crippen molar-refractivity contribution in [1.82, 2.24) is 15.2 Å². The molecule has 0 fully saturated rings. The summed E-state index contributed by atoms with van der Waals surface area (Å²) >= 11 is 6.02. The molecule has 0 saturated carbocycles. The van der Waals surface area contributed by atoms with Gasteiger partial charge in [0, 0.05) is 0 Å². The number of fused-ring (bicyclic) bond motifs is 1. The number of rotatable bonds is 1. The molecule has 0 unspecified atom stereocenters. The van der Waals surface area contributed by atoms with Crippen LogP contribution in [0.1, 0.15) is 0 Å². The number of para-hydroxylation sites is 2. The molecule has 3 rings (SSSR count). The Bertz CT molecular complexity index is 569. The maximum Gasteiger partial charge on any atom is 0.250 e. The maximum atomic E-state index is 6.02. The first-order valence-electron chi connectivity index (χ1n) is 5.08. The smallest absolute Gasteiger partial charge is 0.250 e. The van der Waals surface area contributed by atoms with Crippen molar-refractivity contribution in [2.75, 3.05) is 11.4 Å². The number of nitrogens with zero attached hydrogens (tertiary/aromatic N) is 5. The van der Waals surface area contributed by atoms with Crippen LogP contribution in [0.15, 0.2) is 41.7 Å². The standard InChI is InChI=1S/C11H8ClN5/c12-10-7-17(11-13-5-6-14-16-11)9-4-2-1-3-8(9)15-10/h1-6H,7H2. The second kappa shape index (κ2) is 4.10. The van der Waals surface area contributed by atoms with E-state index >= 15 is 0 Å². The third-order valence-electron chi connectivity index (χ3n) is 2.41. The van der Waals surface area contributed by atoms with E-state index < -0.39 is 0 Å². The lowest BCUT2D eigenvalue weighted by Crippen LogP contribution is -2.27. The molecule has 1 aromatic carbocycles. The van der Waals surface area contributed by atoms with Gasteiger partial charge in [0.15, 0.2) is 0 Å². The van der Waals surface area contributed by atoms with Gasteiger partial charge in [0.1, 0.15) is 5.17 Å². The number of hydrogen-bond acceptors (Lipinski definition) is 5. The van der Waals surface area contributed by atoms with E-state index in [0.717, 1.165) is 11.4 Å². The van der Waals surface area contributed by atoms with Gasteiger partial charge in [-0.25, -0.2) is 9.98 Å². The second-order valence-electron chi connectivity index (χ2n) is 3.51. The van der Waals surface area contributed by atoms with Gasteiger partial charge in [-0.3, -0.25) is 0 Å². The Hall–Kier alpha value is -2.01. The molecule has 84 valence electrons. The third-order valence-corrected chi connectivity index (χ3v) is 2.62. The van der Waals surface area contributed by atoms with Gasteiger partial charge in [-0.1, -0.05) is 23.7 Å². The number of anilines is 2. The maximum absolute atomic E-state index is 6.02. The molecule has 1 aliphatic rings. The first-order chi connectivity index (χ1) is 8.34. The Labute approximate surface area is 103 Å². The molecule has 0 aliphatic carbocycles. The highest BCUT2D eigenvalue weighted by molar-refractivity contribution is 6.66. The summed E-state index contributed by atoms with van der Waals surface area (Å²) in [5, 5.41) is 8.32. The Balaban J connectivity index is 2.11. The van der Waals surface area contributed by atoms with Crippen molar-refractivity contribution >= 4 is 34.1 Å². The Morgan fingerprint density at radius 2 is 2.06 bits per heavy atom. The molecule has 0 saturated heterocycles. The van der Waals surface area contributed by atoms with Gasteiger partial charge < -0.3 is 4.90 Å². The minimum Gasteiger partial charge on any atom is -0.300 e. The lowest BCUT2D eigenvalue weighted by atomic mass is 10.2. The van der Waals surface area contributed by atoms with Crippen molar-refractivity contribution in [1.29, 1.82) is 0 Å². The van der Waals surface area contributed by atoms with E-state index in [2.05, 4.69) is 20.2 Å². The van der Waals surface area contributed by atoms with Crippen LogP contribution in [-0.4, -0.2) is 26.9 Å². The van der Waals surface area contributed by atoms with Gasteiger partial charge in [-0.15, -0.1) is 5.10 Å². The summed E-state index contributed by atoms with van der Waals surface area (Å²) in [4.78, 5) is 10.3. The summed E-state index contributed by atoms with van der Waals surface area (Å²) in [7, 11) is 0. The first-order valence-corrected chi connectivity index (χ1v) is 5.46.